The summed E-state index contributed by atoms with van der Waals surface area (Å²) in [6.07, 6.45) is 0. The normalized spacial score (nSPS) is 13.4. The van der Waals surface area contributed by atoms with Gasteiger partial charge >= 0.3 is 5.97 Å². The molecule has 0 saturated heterocycles. The molecule has 0 aliphatic heterocycles. The number of hydrogen-bond acceptors (Lipinski definition) is 3. The zero-order valence-electron chi connectivity index (χ0n) is 12.5. The van der Waals surface area contributed by atoms with Crippen molar-refractivity contribution in [2.45, 2.75) is 32.6 Å². The average molecular weight is 378 g/mol. The smallest absolute Gasteiger partial charge is 0.335 e. The van der Waals surface area contributed by atoms with Crippen LogP contribution in [0.1, 0.15) is 36.7 Å². The number of sulfonamides is 1. The SMILES string of the molecule is Cc1cc(C(=O)O)cc(S(=O)(=O)NCC(C)C(C)C)c1Br. The summed E-state index contributed by atoms with van der Waals surface area (Å²) in [6.45, 7) is 7.96. The monoisotopic (exact) mass is 377 g/mol. The van der Waals surface area contributed by atoms with Gasteiger partial charge in [-0.25, -0.2) is 17.9 Å². The molecule has 0 radical (unpaired) electrons. The number of aryl methyl sites for hydroxylation is 1. The number of benzene rings is 1. The van der Waals surface area contributed by atoms with E-state index in [1.54, 1.807) is 6.92 Å². The van der Waals surface area contributed by atoms with Crippen LogP contribution in [-0.4, -0.2) is 26.0 Å². The third-order valence-electron chi connectivity index (χ3n) is 3.49. The van der Waals surface area contributed by atoms with Crippen LogP contribution in [0.3, 0.4) is 0 Å². The lowest BCUT2D eigenvalue weighted by Gasteiger charge is -2.17. The first kappa shape index (κ1) is 18.1. The van der Waals surface area contributed by atoms with E-state index in [0.29, 0.717) is 22.5 Å². The van der Waals surface area contributed by atoms with Crippen LogP contribution in [0.4, 0.5) is 0 Å². The predicted octanol–water partition coefficient (Wildman–Crippen LogP) is 3.03. The van der Waals surface area contributed by atoms with Gasteiger partial charge in [0.2, 0.25) is 10.0 Å². The van der Waals surface area contributed by atoms with Crippen molar-refractivity contribution in [1.82, 2.24) is 4.72 Å². The van der Waals surface area contributed by atoms with Crippen molar-refractivity contribution in [1.29, 1.82) is 0 Å². The van der Waals surface area contributed by atoms with E-state index < -0.39 is 16.0 Å². The molecule has 21 heavy (non-hydrogen) atoms. The molecule has 0 amide bonds. The van der Waals surface area contributed by atoms with E-state index in [0.717, 1.165) is 0 Å². The summed E-state index contributed by atoms with van der Waals surface area (Å²) >= 11 is 3.22. The van der Waals surface area contributed by atoms with Crippen LogP contribution in [0.15, 0.2) is 21.5 Å². The summed E-state index contributed by atoms with van der Waals surface area (Å²) in [5.41, 5.74) is 0.514. The van der Waals surface area contributed by atoms with Crippen LogP contribution in [0.25, 0.3) is 0 Å². The number of carboxylic acid groups (broad SMARTS) is 1. The number of nitrogens with one attached hydrogen (secondary N) is 1. The van der Waals surface area contributed by atoms with Crippen LogP contribution in [0.5, 0.6) is 0 Å². The topological polar surface area (TPSA) is 83.5 Å². The van der Waals surface area contributed by atoms with Crippen molar-refractivity contribution >= 4 is 31.9 Å². The Morgan fingerprint density at radius 2 is 1.90 bits per heavy atom. The Balaban J connectivity index is 3.16. The third kappa shape index (κ3) is 4.52. The summed E-state index contributed by atoms with van der Waals surface area (Å²) in [6, 6.07) is 2.60. The van der Waals surface area contributed by atoms with Crippen molar-refractivity contribution < 1.29 is 18.3 Å². The van der Waals surface area contributed by atoms with E-state index in [2.05, 4.69) is 20.7 Å². The molecule has 5 nitrogen and oxygen atoms in total. The zero-order chi connectivity index (χ0) is 16.4. The molecule has 0 bridgehead atoms. The molecule has 7 heteroatoms. The molecule has 2 N–H and O–H groups in total. The molecule has 1 unspecified atom stereocenters. The molecule has 0 heterocycles. The molecule has 0 aromatic heterocycles. The standard InChI is InChI=1S/C14H20BrNO4S/c1-8(2)10(4)7-16-21(19,20)12-6-11(14(17)18)5-9(3)13(12)15/h5-6,8,10,16H,7H2,1-4H3,(H,17,18). The summed E-state index contributed by atoms with van der Waals surface area (Å²) in [4.78, 5) is 11.0. The fourth-order valence-corrected chi connectivity index (χ4v) is 3.80. The van der Waals surface area contributed by atoms with Crippen molar-refractivity contribution in [3.63, 3.8) is 0 Å². The van der Waals surface area contributed by atoms with Gasteiger partial charge < -0.3 is 5.11 Å². The summed E-state index contributed by atoms with van der Waals surface area (Å²) in [7, 11) is -3.76. The molecule has 0 fully saturated rings. The number of hydrogen-bond donors (Lipinski definition) is 2. The van der Waals surface area contributed by atoms with Gasteiger partial charge in [0.1, 0.15) is 0 Å². The first-order valence-corrected chi connectivity index (χ1v) is 8.87. The molecule has 118 valence electrons. The van der Waals surface area contributed by atoms with E-state index in [1.807, 2.05) is 20.8 Å². The van der Waals surface area contributed by atoms with Gasteiger partial charge in [-0.2, -0.15) is 0 Å². The lowest BCUT2D eigenvalue weighted by atomic mass is 9.99. The minimum absolute atomic E-state index is 0.0455. The molecule has 0 aliphatic carbocycles. The van der Waals surface area contributed by atoms with E-state index in [-0.39, 0.29) is 16.4 Å². The van der Waals surface area contributed by atoms with Gasteiger partial charge in [-0.05, 0) is 52.4 Å². The first-order valence-electron chi connectivity index (χ1n) is 6.59. The van der Waals surface area contributed by atoms with Crippen LogP contribution in [0.2, 0.25) is 0 Å². The minimum atomic E-state index is -3.76. The van der Waals surface area contributed by atoms with Gasteiger partial charge in [0.25, 0.3) is 0 Å². The summed E-state index contributed by atoms with van der Waals surface area (Å²) < 4.78 is 27.7. The molecule has 0 spiro atoms. The van der Waals surface area contributed by atoms with Crippen molar-refractivity contribution in [2.24, 2.45) is 11.8 Å². The van der Waals surface area contributed by atoms with Gasteiger partial charge in [0.05, 0.1) is 10.5 Å². The third-order valence-corrected chi connectivity index (χ3v) is 6.25. The van der Waals surface area contributed by atoms with Crippen LogP contribution >= 0.6 is 15.9 Å². The highest BCUT2D eigenvalue weighted by Crippen LogP contribution is 2.27. The number of carbonyl (C=O) groups is 1. The lowest BCUT2D eigenvalue weighted by Crippen LogP contribution is -2.30. The highest BCUT2D eigenvalue weighted by atomic mass is 79.9. The molecule has 1 aromatic carbocycles. The maximum atomic E-state index is 12.4. The second-order valence-corrected chi connectivity index (χ2v) is 8.01. The fraction of sp³-hybridized carbons (Fsp3) is 0.500. The number of carboxylic acids is 1. The minimum Gasteiger partial charge on any atom is -0.478 e. The van der Waals surface area contributed by atoms with Crippen LogP contribution < -0.4 is 4.72 Å². The number of rotatable bonds is 6. The molecule has 1 rings (SSSR count). The van der Waals surface area contributed by atoms with Gasteiger partial charge in [0, 0.05) is 11.0 Å². The Hall–Kier alpha value is -0.920. The zero-order valence-corrected chi connectivity index (χ0v) is 14.9. The predicted molar refractivity (Wildman–Crippen MR) is 85.0 cm³/mol. The summed E-state index contributed by atoms with van der Waals surface area (Å²) in [5.74, 6) is -0.622. The van der Waals surface area contributed by atoms with Gasteiger partial charge in [-0.15, -0.1) is 0 Å². The average Bonchev–Trinajstić information content (AvgIpc) is 2.38. The van der Waals surface area contributed by atoms with E-state index >= 15 is 0 Å². The Bertz CT molecular complexity index is 641. The van der Waals surface area contributed by atoms with Gasteiger partial charge in [0.15, 0.2) is 0 Å². The van der Waals surface area contributed by atoms with Crippen LogP contribution in [-0.2, 0) is 10.0 Å². The molecule has 0 saturated carbocycles. The Labute approximate surface area is 133 Å². The van der Waals surface area contributed by atoms with Crippen molar-refractivity contribution in [3.05, 3.63) is 27.7 Å². The number of aromatic carboxylic acids is 1. The maximum Gasteiger partial charge on any atom is 0.335 e. The second-order valence-electron chi connectivity index (χ2n) is 5.48. The van der Waals surface area contributed by atoms with Crippen molar-refractivity contribution in [3.8, 4) is 0 Å². The van der Waals surface area contributed by atoms with Gasteiger partial charge in [-0.1, -0.05) is 20.8 Å². The second kappa shape index (κ2) is 6.89. The molecule has 1 atom stereocenters. The quantitative estimate of drug-likeness (QED) is 0.797. The van der Waals surface area contributed by atoms with Gasteiger partial charge in [-0.3, -0.25) is 0 Å². The van der Waals surface area contributed by atoms with Crippen molar-refractivity contribution in [2.75, 3.05) is 6.54 Å². The highest BCUT2D eigenvalue weighted by molar-refractivity contribution is 9.10. The Morgan fingerprint density at radius 1 is 1.33 bits per heavy atom. The first-order chi connectivity index (χ1) is 9.56. The Kier molecular flexibility index (Phi) is 5.95. The van der Waals surface area contributed by atoms with E-state index in [1.165, 1.54) is 12.1 Å². The summed E-state index contributed by atoms with van der Waals surface area (Å²) in [5, 5.41) is 9.05. The Morgan fingerprint density at radius 3 is 2.38 bits per heavy atom. The highest BCUT2D eigenvalue weighted by Gasteiger charge is 2.22. The molecule has 0 aliphatic rings. The van der Waals surface area contributed by atoms with E-state index in [4.69, 9.17) is 5.11 Å². The largest absolute Gasteiger partial charge is 0.478 e. The number of halogens is 1. The molecule has 1 aromatic rings. The fourth-order valence-electron chi connectivity index (χ4n) is 1.61. The molecular formula is C14H20BrNO4S. The van der Waals surface area contributed by atoms with E-state index in [9.17, 15) is 13.2 Å². The maximum absolute atomic E-state index is 12.4. The van der Waals surface area contributed by atoms with Crippen LogP contribution in [0, 0.1) is 18.8 Å². The molecular weight excluding hydrogens is 358 g/mol. The lowest BCUT2D eigenvalue weighted by molar-refractivity contribution is 0.0696.